The summed E-state index contributed by atoms with van der Waals surface area (Å²) in [6.07, 6.45) is 0.967. The van der Waals surface area contributed by atoms with Gasteiger partial charge in [-0.05, 0) is 35.4 Å². The Balaban J connectivity index is 1.63. The van der Waals surface area contributed by atoms with Crippen molar-refractivity contribution in [3.8, 4) is 17.2 Å². The maximum absolute atomic E-state index is 12.8. The third kappa shape index (κ3) is 4.61. The maximum atomic E-state index is 12.8. The van der Waals surface area contributed by atoms with Crippen LogP contribution in [0.2, 0.25) is 0 Å². The first-order valence-corrected chi connectivity index (χ1v) is 11.2. The van der Waals surface area contributed by atoms with Crippen LogP contribution in [0.5, 0.6) is 17.2 Å². The van der Waals surface area contributed by atoms with Gasteiger partial charge in [0.1, 0.15) is 0 Å². The number of nitrogens with zero attached hydrogens (tertiary/aromatic N) is 3. The summed E-state index contributed by atoms with van der Waals surface area (Å²) in [6.45, 7) is 5.13. The molecule has 33 heavy (non-hydrogen) atoms. The summed E-state index contributed by atoms with van der Waals surface area (Å²) in [5, 5.41) is 6.33. The Labute approximate surface area is 194 Å². The van der Waals surface area contributed by atoms with Crippen molar-refractivity contribution in [1.29, 1.82) is 0 Å². The maximum Gasteiger partial charge on any atom is 0.242 e. The van der Waals surface area contributed by atoms with E-state index in [1.807, 2.05) is 19.1 Å². The van der Waals surface area contributed by atoms with Crippen molar-refractivity contribution in [3.63, 3.8) is 0 Å². The van der Waals surface area contributed by atoms with Crippen molar-refractivity contribution < 1.29 is 23.7 Å². The number of methoxy groups -OCH3 is 3. The average Bonchev–Trinajstić information content (AvgIpc) is 3.33. The van der Waals surface area contributed by atoms with Gasteiger partial charge in [0.2, 0.25) is 11.7 Å². The Morgan fingerprint density at radius 2 is 1.67 bits per heavy atom. The van der Waals surface area contributed by atoms with Crippen LogP contribution >= 0.6 is 0 Å². The van der Waals surface area contributed by atoms with E-state index in [1.165, 1.54) is 5.69 Å². The second-order valence-corrected chi connectivity index (χ2v) is 7.96. The zero-order valence-electron chi connectivity index (χ0n) is 19.7. The highest BCUT2D eigenvalue weighted by atomic mass is 16.5. The molecule has 4 rings (SSSR count). The van der Waals surface area contributed by atoms with Crippen molar-refractivity contribution in [2.45, 2.75) is 25.8 Å². The first kappa shape index (κ1) is 22.9. The fraction of sp³-hybridized carbons (Fsp3) is 0.440. The van der Waals surface area contributed by atoms with Crippen molar-refractivity contribution in [2.24, 2.45) is 5.10 Å². The van der Waals surface area contributed by atoms with E-state index in [2.05, 4.69) is 29.2 Å². The van der Waals surface area contributed by atoms with Crippen LogP contribution in [0.25, 0.3) is 0 Å². The predicted octanol–water partition coefficient (Wildman–Crippen LogP) is 3.64. The molecular formula is C25H31N3O5. The zero-order valence-corrected chi connectivity index (χ0v) is 19.7. The lowest BCUT2D eigenvalue weighted by atomic mass is 9.97. The SMILES string of the molecule is CCC(=O)N1N=C(c2ccc(N3CCOCC3)cc2)CC1c1cc(OC)c(OC)c(OC)c1. The van der Waals surface area contributed by atoms with Crippen molar-refractivity contribution >= 4 is 17.3 Å². The third-order valence-electron chi connectivity index (χ3n) is 6.12. The third-order valence-corrected chi connectivity index (χ3v) is 6.12. The molecule has 0 N–H and O–H groups in total. The minimum Gasteiger partial charge on any atom is -0.493 e. The summed E-state index contributed by atoms with van der Waals surface area (Å²) < 4.78 is 21.9. The van der Waals surface area contributed by atoms with Crippen LogP contribution < -0.4 is 19.1 Å². The largest absolute Gasteiger partial charge is 0.493 e. The quantitative estimate of drug-likeness (QED) is 0.637. The molecule has 2 aliphatic rings. The predicted molar refractivity (Wildman–Crippen MR) is 127 cm³/mol. The van der Waals surface area contributed by atoms with Crippen molar-refractivity contribution in [1.82, 2.24) is 5.01 Å². The van der Waals surface area contributed by atoms with Gasteiger partial charge in [-0.1, -0.05) is 19.1 Å². The molecule has 0 aliphatic carbocycles. The molecule has 1 atom stereocenters. The highest BCUT2D eigenvalue weighted by Crippen LogP contribution is 2.43. The molecule has 176 valence electrons. The lowest BCUT2D eigenvalue weighted by Crippen LogP contribution is -2.36. The molecule has 2 heterocycles. The van der Waals surface area contributed by atoms with Gasteiger partial charge >= 0.3 is 0 Å². The molecule has 8 heteroatoms. The molecule has 2 aromatic rings. The lowest BCUT2D eigenvalue weighted by molar-refractivity contribution is -0.132. The summed E-state index contributed by atoms with van der Waals surface area (Å²) in [5.41, 5.74) is 3.94. The number of anilines is 1. The number of carbonyl (C=O) groups is 1. The Bertz CT molecular complexity index is 990. The van der Waals surface area contributed by atoms with Gasteiger partial charge in [-0.2, -0.15) is 5.10 Å². The standard InChI is InChI=1S/C25H31N3O5/c1-5-24(29)28-21(18-14-22(30-2)25(32-4)23(15-18)31-3)16-20(26-28)17-6-8-19(9-7-17)27-10-12-33-13-11-27/h6-9,14-15,21H,5,10-13,16H2,1-4H3. The number of benzene rings is 2. The van der Waals surface area contributed by atoms with E-state index in [-0.39, 0.29) is 11.9 Å². The van der Waals surface area contributed by atoms with Gasteiger partial charge in [-0.15, -0.1) is 0 Å². The van der Waals surface area contributed by atoms with Crippen LogP contribution in [0, 0.1) is 0 Å². The van der Waals surface area contributed by atoms with Crippen LogP contribution in [0.4, 0.5) is 5.69 Å². The molecule has 0 spiro atoms. The van der Waals surface area contributed by atoms with Gasteiger partial charge in [0, 0.05) is 31.6 Å². The second kappa shape index (κ2) is 10.1. The van der Waals surface area contributed by atoms with E-state index in [9.17, 15) is 4.79 Å². The van der Waals surface area contributed by atoms with E-state index in [1.54, 1.807) is 26.3 Å². The Morgan fingerprint density at radius 3 is 2.21 bits per heavy atom. The van der Waals surface area contributed by atoms with E-state index < -0.39 is 0 Å². The Hall–Kier alpha value is -3.26. The second-order valence-electron chi connectivity index (χ2n) is 7.96. The number of hydrazone groups is 1. The van der Waals surface area contributed by atoms with Crippen molar-refractivity contribution in [3.05, 3.63) is 47.5 Å². The zero-order chi connectivity index (χ0) is 23.4. The fourth-order valence-electron chi connectivity index (χ4n) is 4.32. The Morgan fingerprint density at radius 1 is 1.03 bits per heavy atom. The monoisotopic (exact) mass is 453 g/mol. The van der Waals surface area contributed by atoms with Crippen LogP contribution in [0.1, 0.15) is 36.9 Å². The smallest absolute Gasteiger partial charge is 0.242 e. The molecule has 0 bridgehead atoms. The van der Waals surface area contributed by atoms with Gasteiger partial charge in [0.05, 0.1) is 46.3 Å². The molecular weight excluding hydrogens is 422 g/mol. The summed E-state index contributed by atoms with van der Waals surface area (Å²) in [4.78, 5) is 15.1. The normalized spacial score (nSPS) is 18.2. The first-order valence-electron chi connectivity index (χ1n) is 11.2. The summed E-state index contributed by atoms with van der Waals surface area (Å²) >= 11 is 0. The van der Waals surface area contributed by atoms with E-state index in [4.69, 9.17) is 24.0 Å². The number of rotatable bonds is 7. The molecule has 0 aromatic heterocycles. The highest BCUT2D eigenvalue weighted by molar-refractivity contribution is 6.03. The molecule has 8 nitrogen and oxygen atoms in total. The first-order chi connectivity index (χ1) is 16.1. The summed E-state index contributed by atoms with van der Waals surface area (Å²) in [6, 6.07) is 11.9. The van der Waals surface area contributed by atoms with Gasteiger partial charge < -0.3 is 23.8 Å². The van der Waals surface area contributed by atoms with E-state index in [0.29, 0.717) is 30.1 Å². The van der Waals surface area contributed by atoms with Gasteiger partial charge in [-0.3, -0.25) is 4.79 Å². The van der Waals surface area contributed by atoms with Gasteiger partial charge in [-0.25, -0.2) is 5.01 Å². The van der Waals surface area contributed by atoms with E-state index >= 15 is 0 Å². The molecule has 1 amide bonds. The van der Waals surface area contributed by atoms with Gasteiger partial charge in [0.15, 0.2) is 11.5 Å². The molecule has 0 radical (unpaired) electrons. The average molecular weight is 454 g/mol. The van der Waals surface area contributed by atoms with Crippen LogP contribution in [-0.2, 0) is 9.53 Å². The number of hydrogen-bond acceptors (Lipinski definition) is 7. The topological polar surface area (TPSA) is 72.8 Å². The lowest BCUT2D eigenvalue weighted by Gasteiger charge is -2.28. The molecule has 1 fully saturated rings. The Kier molecular flexibility index (Phi) is 7.03. The van der Waals surface area contributed by atoms with Gasteiger partial charge in [0.25, 0.3) is 0 Å². The molecule has 2 aliphatic heterocycles. The summed E-state index contributed by atoms with van der Waals surface area (Å²) in [7, 11) is 4.75. The number of ether oxygens (including phenoxy) is 4. The molecule has 0 saturated carbocycles. The van der Waals surface area contributed by atoms with Crippen LogP contribution in [0.15, 0.2) is 41.5 Å². The molecule has 2 aromatic carbocycles. The molecule has 1 unspecified atom stereocenters. The highest BCUT2D eigenvalue weighted by Gasteiger charge is 2.33. The van der Waals surface area contributed by atoms with E-state index in [0.717, 1.165) is 43.1 Å². The molecule has 1 saturated heterocycles. The fourth-order valence-corrected chi connectivity index (χ4v) is 4.32. The number of hydrogen-bond donors (Lipinski definition) is 0. The van der Waals surface area contributed by atoms with Crippen LogP contribution in [0.3, 0.4) is 0 Å². The summed E-state index contributed by atoms with van der Waals surface area (Å²) in [5.74, 6) is 1.60. The number of amides is 1. The minimum absolute atomic E-state index is 0.0336. The number of morpholine rings is 1. The van der Waals surface area contributed by atoms with Crippen molar-refractivity contribution in [2.75, 3.05) is 52.5 Å². The number of carbonyl (C=O) groups excluding carboxylic acids is 1. The van der Waals surface area contributed by atoms with Crippen LogP contribution in [-0.4, -0.2) is 64.3 Å². The minimum atomic E-state index is -0.250.